The highest BCUT2D eigenvalue weighted by atomic mass is 16.5. The molecule has 0 unspecified atom stereocenters. The zero-order chi connectivity index (χ0) is 8.10. The number of ether oxygens (including phenoxy) is 1. The number of carbonyl (C=O) groups excluding carboxylic acids is 1. The van der Waals surface area contributed by atoms with E-state index in [1.807, 2.05) is 0 Å². The van der Waals surface area contributed by atoms with Gasteiger partial charge in [-0.25, -0.2) is 4.79 Å². The molecule has 62 valence electrons. The lowest BCUT2D eigenvalue weighted by molar-refractivity contribution is -0.139. The van der Waals surface area contributed by atoms with Gasteiger partial charge in [-0.15, -0.1) is 0 Å². The van der Waals surface area contributed by atoms with Gasteiger partial charge in [0.05, 0.1) is 6.61 Å². The van der Waals surface area contributed by atoms with Crippen molar-refractivity contribution < 1.29 is 9.53 Å². The molecule has 0 saturated heterocycles. The first-order valence-electron chi connectivity index (χ1n) is 4.12. The highest BCUT2D eigenvalue weighted by molar-refractivity contribution is 5.81. The zero-order valence-corrected chi connectivity index (χ0v) is 6.71. The largest absolute Gasteiger partial charge is 0.462 e. The molecule has 0 aromatic carbocycles. The highest BCUT2D eigenvalue weighted by Gasteiger charge is 2.15. The Morgan fingerprint density at radius 2 is 2.18 bits per heavy atom. The van der Waals surface area contributed by atoms with Crippen LogP contribution in [0.4, 0.5) is 0 Å². The third-order valence-corrected chi connectivity index (χ3v) is 2.10. The number of esters is 1. The Morgan fingerprint density at radius 3 is 2.73 bits per heavy atom. The standard InChI is InChI=1S/C9H14O2/c1-2-9(10)11-7-8-5-3-4-6-8/h2,8H,1,3-7H2. The first-order valence-corrected chi connectivity index (χ1v) is 4.12. The summed E-state index contributed by atoms with van der Waals surface area (Å²) < 4.78 is 4.92. The molecule has 2 nitrogen and oxygen atoms in total. The summed E-state index contributed by atoms with van der Waals surface area (Å²) >= 11 is 0. The first-order chi connectivity index (χ1) is 5.33. The second-order valence-corrected chi connectivity index (χ2v) is 2.98. The van der Waals surface area contributed by atoms with Crippen LogP contribution in [0.15, 0.2) is 12.7 Å². The van der Waals surface area contributed by atoms with E-state index in [9.17, 15) is 4.79 Å². The molecular weight excluding hydrogens is 140 g/mol. The molecule has 1 aliphatic rings. The summed E-state index contributed by atoms with van der Waals surface area (Å²) in [5.74, 6) is 0.316. The third-order valence-electron chi connectivity index (χ3n) is 2.10. The van der Waals surface area contributed by atoms with Gasteiger partial charge in [0.15, 0.2) is 0 Å². The molecule has 0 heterocycles. The fourth-order valence-corrected chi connectivity index (χ4v) is 1.44. The van der Waals surface area contributed by atoms with Gasteiger partial charge < -0.3 is 4.74 Å². The van der Waals surface area contributed by atoms with Gasteiger partial charge in [0.1, 0.15) is 0 Å². The van der Waals surface area contributed by atoms with E-state index in [-0.39, 0.29) is 5.97 Å². The molecule has 1 fully saturated rings. The van der Waals surface area contributed by atoms with E-state index in [1.54, 1.807) is 0 Å². The van der Waals surface area contributed by atoms with E-state index >= 15 is 0 Å². The van der Waals surface area contributed by atoms with Gasteiger partial charge in [0, 0.05) is 6.08 Å². The van der Waals surface area contributed by atoms with Gasteiger partial charge in [0.25, 0.3) is 0 Å². The summed E-state index contributed by atoms with van der Waals surface area (Å²) in [7, 11) is 0. The normalized spacial score (nSPS) is 18.2. The van der Waals surface area contributed by atoms with E-state index in [2.05, 4.69) is 6.58 Å². The maximum atomic E-state index is 10.6. The van der Waals surface area contributed by atoms with Crippen molar-refractivity contribution in [3.63, 3.8) is 0 Å². The number of hydrogen-bond acceptors (Lipinski definition) is 2. The summed E-state index contributed by atoms with van der Waals surface area (Å²) in [4.78, 5) is 10.6. The first kappa shape index (κ1) is 8.31. The molecular formula is C9H14O2. The molecule has 0 aromatic heterocycles. The maximum Gasteiger partial charge on any atom is 0.330 e. The minimum Gasteiger partial charge on any atom is -0.462 e. The van der Waals surface area contributed by atoms with Gasteiger partial charge in [-0.1, -0.05) is 19.4 Å². The molecule has 0 spiro atoms. The quantitative estimate of drug-likeness (QED) is 0.458. The van der Waals surface area contributed by atoms with Crippen molar-refractivity contribution in [2.45, 2.75) is 25.7 Å². The molecule has 1 rings (SSSR count). The SMILES string of the molecule is C=CC(=O)OCC1CCCC1. The summed E-state index contributed by atoms with van der Waals surface area (Å²) in [6.45, 7) is 3.92. The monoisotopic (exact) mass is 154 g/mol. The molecule has 0 aliphatic heterocycles. The topological polar surface area (TPSA) is 26.3 Å². The van der Waals surface area contributed by atoms with E-state index in [0.29, 0.717) is 12.5 Å². The van der Waals surface area contributed by atoms with Crippen molar-refractivity contribution in [1.29, 1.82) is 0 Å². The lowest BCUT2D eigenvalue weighted by Gasteiger charge is -2.07. The molecule has 11 heavy (non-hydrogen) atoms. The summed E-state index contributed by atoms with van der Waals surface area (Å²) in [5, 5.41) is 0. The molecule has 0 bridgehead atoms. The second kappa shape index (κ2) is 4.16. The number of carbonyl (C=O) groups is 1. The Hall–Kier alpha value is -0.790. The summed E-state index contributed by atoms with van der Waals surface area (Å²) in [6.07, 6.45) is 6.22. The van der Waals surface area contributed by atoms with Crippen LogP contribution in [0, 0.1) is 5.92 Å². The predicted octanol–water partition coefficient (Wildman–Crippen LogP) is 1.91. The van der Waals surface area contributed by atoms with Crippen LogP contribution in [-0.2, 0) is 9.53 Å². The smallest absolute Gasteiger partial charge is 0.330 e. The molecule has 0 aromatic rings. The number of rotatable bonds is 3. The fraction of sp³-hybridized carbons (Fsp3) is 0.667. The molecule has 1 saturated carbocycles. The van der Waals surface area contributed by atoms with Crippen LogP contribution in [0.25, 0.3) is 0 Å². The second-order valence-electron chi connectivity index (χ2n) is 2.98. The van der Waals surface area contributed by atoms with Crippen LogP contribution in [-0.4, -0.2) is 12.6 Å². The Labute approximate surface area is 67.2 Å². The fourth-order valence-electron chi connectivity index (χ4n) is 1.44. The van der Waals surface area contributed by atoms with Gasteiger partial charge in [-0.3, -0.25) is 0 Å². The van der Waals surface area contributed by atoms with Crippen LogP contribution in [0.1, 0.15) is 25.7 Å². The average Bonchev–Trinajstić information content (AvgIpc) is 2.52. The van der Waals surface area contributed by atoms with Crippen LogP contribution in [0.2, 0.25) is 0 Å². The van der Waals surface area contributed by atoms with Gasteiger partial charge in [-0.2, -0.15) is 0 Å². The Morgan fingerprint density at radius 1 is 1.55 bits per heavy atom. The Kier molecular flexibility index (Phi) is 3.14. The minimum atomic E-state index is -0.295. The molecule has 0 radical (unpaired) electrons. The maximum absolute atomic E-state index is 10.6. The molecule has 0 N–H and O–H groups in total. The van der Waals surface area contributed by atoms with Crippen molar-refractivity contribution in [1.82, 2.24) is 0 Å². The predicted molar refractivity (Wildman–Crippen MR) is 43.1 cm³/mol. The Balaban J connectivity index is 2.10. The van der Waals surface area contributed by atoms with E-state index < -0.39 is 0 Å². The van der Waals surface area contributed by atoms with Crippen molar-refractivity contribution in [2.75, 3.05) is 6.61 Å². The minimum absolute atomic E-state index is 0.295. The van der Waals surface area contributed by atoms with Crippen molar-refractivity contribution in [2.24, 2.45) is 5.92 Å². The van der Waals surface area contributed by atoms with E-state index in [0.717, 1.165) is 0 Å². The summed E-state index contributed by atoms with van der Waals surface area (Å²) in [6, 6.07) is 0. The van der Waals surface area contributed by atoms with Crippen LogP contribution >= 0.6 is 0 Å². The van der Waals surface area contributed by atoms with Gasteiger partial charge >= 0.3 is 5.97 Å². The summed E-state index contributed by atoms with van der Waals surface area (Å²) in [5.41, 5.74) is 0. The van der Waals surface area contributed by atoms with Crippen LogP contribution < -0.4 is 0 Å². The molecule has 0 atom stereocenters. The lowest BCUT2D eigenvalue weighted by Crippen LogP contribution is -2.09. The third kappa shape index (κ3) is 2.74. The van der Waals surface area contributed by atoms with Crippen molar-refractivity contribution >= 4 is 5.97 Å². The zero-order valence-electron chi connectivity index (χ0n) is 6.71. The van der Waals surface area contributed by atoms with Crippen molar-refractivity contribution in [3.05, 3.63) is 12.7 Å². The Bertz CT molecular complexity index is 146. The van der Waals surface area contributed by atoms with Crippen molar-refractivity contribution in [3.8, 4) is 0 Å². The van der Waals surface area contributed by atoms with Gasteiger partial charge in [0.2, 0.25) is 0 Å². The lowest BCUT2D eigenvalue weighted by atomic mass is 10.1. The van der Waals surface area contributed by atoms with E-state index in [4.69, 9.17) is 4.74 Å². The van der Waals surface area contributed by atoms with Crippen LogP contribution in [0.3, 0.4) is 0 Å². The highest BCUT2D eigenvalue weighted by Crippen LogP contribution is 2.24. The molecule has 0 amide bonds. The average molecular weight is 154 g/mol. The van der Waals surface area contributed by atoms with Gasteiger partial charge in [-0.05, 0) is 18.8 Å². The van der Waals surface area contributed by atoms with Crippen LogP contribution in [0.5, 0.6) is 0 Å². The molecule has 1 aliphatic carbocycles. The number of hydrogen-bond donors (Lipinski definition) is 0. The van der Waals surface area contributed by atoms with E-state index in [1.165, 1.54) is 31.8 Å². The molecule has 2 heteroatoms.